The van der Waals surface area contributed by atoms with Gasteiger partial charge in [-0.05, 0) is 25.8 Å². The largest absolute Gasteiger partial charge is 0.313 e. The molecule has 0 radical (unpaired) electrons. The Bertz CT molecular complexity index is 276. The van der Waals surface area contributed by atoms with E-state index in [0.29, 0.717) is 0 Å². The number of hydrogen-bond donors (Lipinski definition) is 1. The maximum atomic E-state index is 4.21. The third-order valence-corrected chi connectivity index (χ3v) is 2.55. The molecule has 0 aliphatic carbocycles. The van der Waals surface area contributed by atoms with Crippen molar-refractivity contribution < 1.29 is 0 Å². The van der Waals surface area contributed by atoms with E-state index in [9.17, 15) is 0 Å². The molecule has 3 heteroatoms. The van der Waals surface area contributed by atoms with Gasteiger partial charge in [-0.3, -0.25) is 4.68 Å². The Morgan fingerprint density at radius 1 is 1.50 bits per heavy atom. The van der Waals surface area contributed by atoms with E-state index in [2.05, 4.69) is 31.2 Å². The lowest BCUT2D eigenvalue weighted by Gasteiger charge is -2.06. The van der Waals surface area contributed by atoms with Crippen LogP contribution in [0.15, 0.2) is 6.20 Å². The second-order valence-corrected chi connectivity index (χ2v) is 4.24. The molecule has 1 aromatic rings. The van der Waals surface area contributed by atoms with Gasteiger partial charge in [0.15, 0.2) is 0 Å². The van der Waals surface area contributed by atoms with Gasteiger partial charge in [0.2, 0.25) is 0 Å². The smallest absolute Gasteiger partial charge is 0.0537 e. The first kappa shape index (κ1) is 11.2. The minimum atomic E-state index is 0.775. The highest BCUT2D eigenvalue weighted by molar-refractivity contribution is 5.15. The Morgan fingerprint density at radius 2 is 2.21 bits per heavy atom. The molecule has 14 heavy (non-hydrogen) atoms. The zero-order chi connectivity index (χ0) is 10.6. The summed E-state index contributed by atoms with van der Waals surface area (Å²) in [6.45, 7) is 8.62. The molecule has 1 aromatic heterocycles. The van der Waals surface area contributed by atoms with Gasteiger partial charge in [0, 0.05) is 24.8 Å². The number of hydrogen-bond acceptors (Lipinski definition) is 2. The van der Waals surface area contributed by atoms with Crippen LogP contribution < -0.4 is 5.32 Å². The monoisotopic (exact) mass is 195 g/mol. The highest BCUT2D eigenvalue weighted by Gasteiger charge is 2.02. The van der Waals surface area contributed by atoms with Gasteiger partial charge in [0.25, 0.3) is 0 Å². The number of aromatic nitrogens is 2. The summed E-state index contributed by atoms with van der Waals surface area (Å²) in [6, 6.07) is 0. The molecule has 1 heterocycles. The van der Waals surface area contributed by atoms with E-state index in [1.54, 1.807) is 0 Å². The molecule has 0 aliphatic rings. The summed E-state index contributed by atoms with van der Waals surface area (Å²) in [5.41, 5.74) is 2.55. The van der Waals surface area contributed by atoms with Gasteiger partial charge in [-0.1, -0.05) is 13.8 Å². The molecule has 0 unspecified atom stereocenters. The molecule has 0 fully saturated rings. The summed E-state index contributed by atoms with van der Waals surface area (Å²) >= 11 is 0. The summed E-state index contributed by atoms with van der Waals surface area (Å²) in [5.74, 6) is 0.775. The molecule has 0 saturated heterocycles. The van der Waals surface area contributed by atoms with Crippen molar-refractivity contribution in [3.63, 3.8) is 0 Å². The molecule has 0 saturated carbocycles. The van der Waals surface area contributed by atoms with Crippen LogP contribution in [0.4, 0.5) is 0 Å². The third kappa shape index (κ3) is 3.14. The Balaban J connectivity index is 2.28. The van der Waals surface area contributed by atoms with Crippen LogP contribution in [-0.4, -0.2) is 16.3 Å². The van der Waals surface area contributed by atoms with Gasteiger partial charge < -0.3 is 5.32 Å². The summed E-state index contributed by atoms with van der Waals surface area (Å²) in [7, 11) is 1.98. The first-order valence-electron chi connectivity index (χ1n) is 5.29. The summed E-state index contributed by atoms with van der Waals surface area (Å²) < 4.78 is 1.92. The van der Waals surface area contributed by atoms with Crippen LogP contribution in [0, 0.1) is 12.8 Å². The zero-order valence-corrected chi connectivity index (χ0v) is 9.67. The Hall–Kier alpha value is -0.830. The fraction of sp³-hybridized carbons (Fsp3) is 0.727. The predicted molar refractivity (Wildman–Crippen MR) is 59.1 cm³/mol. The normalized spacial score (nSPS) is 11.2. The SMILES string of the molecule is Cc1c(CNCCC(C)C)cnn1C. The molecule has 1 N–H and O–H groups in total. The van der Waals surface area contributed by atoms with Gasteiger partial charge in [-0.15, -0.1) is 0 Å². The zero-order valence-electron chi connectivity index (χ0n) is 9.67. The van der Waals surface area contributed by atoms with Crippen molar-refractivity contribution in [1.82, 2.24) is 15.1 Å². The van der Waals surface area contributed by atoms with E-state index in [0.717, 1.165) is 19.0 Å². The van der Waals surface area contributed by atoms with Gasteiger partial charge in [-0.2, -0.15) is 5.10 Å². The second kappa shape index (κ2) is 5.15. The number of aryl methyl sites for hydroxylation is 1. The lowest BCUT2D eigenvalue weighted by atomic mass is 10.1. The topological polar surface area (TPSA) is 29.9 Å². The van der Waals surface area contributed by atoms with Crippen molar-refractivity contribution in [3.8, 4) is 0 Å². The van der Waals surface area contributed by atoms with E-state index in [1.807, 2.05) is 17.9 Å². The van der Waals surface area contributed by atoms with Crippen molar-refractivity contribution >= 4 is 0 Å². The molecular formula is C11H21N3. The first-order chi connectivity index (χ1) is 6.61. The standard InChI is InChI=1S/C11H21N3/c1-9(2)5-6-12-7-11-8-13-14(4)10(11)3/h8-9,12H,5-7H2,1-4H3. The molecule has 0 bridgehead atoms. The second-order valence-electron chi connectivity index (χ2n) is 4.24. The summed E-state index contributed by atoms with van der Waals surface area (Å²) in [4.78, 5) is 0. The highest BCUT2D eigenvalue weighted by Crippen LogP contribution is 2.05. The summed E-state index contributed by atoms with van der Waals surface area (Å²) in [5, 5.41) is 7.64. The summed E-state index contributed by atoms with van der Waals surface area (Å²) in [6.07, 6.45) is 3.18. The lowest BCUT2D eigenvalue weighted by molar-refractivity contribution is 0.537. The van der Waals surface area contributed by atoms with Gasteiger partial charge in [0.1, 0.15) is 0 Å². The van der Waals surface area contributed by atoms with Crippen molar-refractivity contribution in [2.45, 2.75) is 33.7 Å². The molecule has 0 aliphatic heterocycles. The van der Waals surface area contributed by atoms with Gasteiger partial charge in [-0.25, -0.2) is 0 Å². The minimum Gasteiger partial charge on any atom is -0.313 e. The van der Waals surface area contributed by atoms with Crippen LogP contribution in [0.3, 0.4) is 0 Å². The average molecular weight is 195 g/mol. The molecule has 0 amide bonds. The molecule has 0 spiro atoms. The predicted octanol–water partition coefficient (Wildman–Crippen LogP) is 1.86. The van der Waals surface area contributed by atoms with Crippen LogP contribution >= 0.6 is 0 Å². The Morgan fingerprint density at radius 3 is 2.71 bits per heavy atom. The van der Waals surface area contributed by atoms with Crippen LogP contribution in [-0.2, 0) is 13.6 Å². The van der Waals surface area contributed by atoms with Crippen molar-refractivity contribution in [2.24, 2.45) is 13.0 Å². The quantitative estimate of drug-likeness (QED) is 0.727. The molecule has 3 nitrogen and oxygen atoms in total. The van der Waals surface area contributed by atoms with Crippen LogP contribution in [0.2, 0.25) is 0 Å². The molecule has 80 valence electrons. The average Bonchev–Trinajstić information content (AvgIpc) is 2.43. The molecule has 0 atom stereocenters. The Labute approximate surface area is 86.5 Å². The number of rotatable bonds is 5. The van der Waals surface area contributed by atoms with Crippen molar-refractivity contribution in [1.29, 1.82) is 0 Å². The highest BCUT2D eigenvalue weighted by atomic mass is 15.3. The fourth-order valence-electron chi connectivity index (χ4n) is 1.33. The van der Waals surface area contributed by atoms with E-state index in [1.165, 1.54) is 17.7 Å². The van der Waals surface area contributed by atoms with Crippen LogP contribution in [0.1, 0.15) is 31.5 Å². The van der Waals surface area contributed by atoms with Crippen molar-refractivity contribution in [2.75, 3.05) is 6.54 Å². The first-order valence-corrected chi connectivity index (χ1v) is 5.29. The maximum Gasteiger partial charge on any atom is 0.0537 e. The van der Waals surface area contributed by atoms with E-state index in [4.69, 9.17) is 0 Å². The Kier molecular flexibility index (Phi) is 4.14. The maximum absolute atomic E-state index is 4.21. The fourth-order valence-corrected chi connectivity index (χ4v) is 1.33. The third-order valence-electron chi connectivity index (χ3n) is 2.55. The molecule has 0 aromatic carbocycles. The molecular weight excluding hydrogens is 174 g/mol. The lowest BCUT2D eigenvalue weighted by Crippen LogP contribution is -2.16. The van der Waals surface area contributed by atoms with Gasteiger partial charge in [0.05, 0.1) is 6.20 Å². The van der Waals surface area contributed by atoms with Crippen LogP contribution in [0.25, 0.3) is 0 Å². The molecule has 1 rings (SSSR count). The number of nitrogens with zero attached hydrogens (tertiary/aromatic N) is 2. The van der Waals surface area contributed by atoms with Gasteiger partial charge >= 0.3 is 0 Å². The minimum absolute atomic E-state index is 0.775. The van der Waals surface area contributed by atoms with Crippen molar-refractivity contribution in [3.05, 3.63) is 17.5 Å². The van der Waals surface area contributed by atoms with E-state index in [-0.39, 0.29) is 0 Å². The van der Waals surface area contributed by atoms with E-state index >= 15 is 0 Å². The van der Waals surface area contributed by atoms with Crippen LogP contribution in [0.5, 0.6) is 0 Å². The number of nitrogens with one attached hydrogen (secondary N) is 1. The van der Waals surface area contributed by atoms with E-state index < -0.39 is 0 Å².